The molecule has 2 saturated heterocycles. The number of nitrogens with zero attached hydrogens (tertiary/aromatic N) is 3. The summed E-state index contributed by atoms with van der Waals surface area (Å²) in [7, 11) is -3.48. The summed E-state index contributed by atoms with van der Waals surface area (Å²) in [5.74, 6) is 1.59. The maximum absolute atomic E-state index is 13.9. The first-order valence-electron chi connectivity index (χ1n) is 14.1. The molecule has 1 atom stereocenters. The van der Waals surface area contributed by atoms with Crippen LogP contribution in [0.5, 0.6) is 5.75 Å². The normalized spacial score (nSPS) is 20.8. The lowest BCUT2D eigenvalue weighted by Gasteiger charge is -2.35. The van der Waals surface area contributed by atoms with E-state index >= 15 is 0 Å². The van der Waals surface area contributed by atoms with E-state index in [2.05, 4.69) is 17.1 Å². The number of hydrogen-bond donors (Lipinski definition) is 1. The predicted octanol–water partition coefficient (Wildman–Crippen LogP) is 4.56. The molecule has 1 amide bonds. The van der Waals surface area contributed by atoms with E-state index < -0.39 is 25.9 Å². The highest BCUT2D eigenvalue weighted by atomic mass is 32.2. The number of para-hydroxylation sites is 1. The van der Waals surface area contributed by atoms with Crippen molar-refractivity contribution in [3.63, 3.8) is 0 Å². The van der Waals surface area contributed by atoms with Crippen LogP contribution in [0, 0.1) is 0 Å². The van der Waals surface area contributed by atoms with Gasteiger partial charge < -0.3 is 19.1 Å². The molecule has 0 unspecified atom stereocenters. The number of carbonyl (C=O) groups excluding carboxylic acids is 1. The van der Waals surface area contributed by atoms with Gasteiger partial charge in [0.1, 0.15) is 16.3 Å². The molecule has 1 aromatic heterocycles. The van der Waals surface area contributed by atoms with Crippen LogP contribution in [0.15, 0.2) is 60.7 Å². The van der Waals surface area contributed by atoms with Crippen LogP contribution in [0.2, 0.25) is 0 Å². The summed E-state index contributed by atoms with van der Waals surface area (Å²) in [6, 6.07) is 17.9. The molecule has 3 fully saturated rings. The van der Waals surface area contributed by atoms with Gasteiger partial charge in [-0.15, -0.1) is 0 Å². The summed E-state index contributed by atoms with van der Waals surface area (Å²) in [5.41, 5.74) is 1.82. The highest BCUT2D eigenvalue weighted by molar-refractivity contribution is 7.93. The SMILES string of the molecule is C[C@H]1COCCN1c1cc(C2(S(=O)(=O)C3CCOCC3)CC2)nc(-c2ccc(NC(=O)Oc3ccccc3)cc2)n1. The van der Waals surface area contributed by atoms with Crippen molar-refractivity contribution in [1.29, 1.82) is 0 Å². The quantitative estimate of drug-likeness (QED) is 0.430. The summed E-state index contributed by atoms with van der Waals surface area (Å²) < 4.78 is 43.3. The Labute approximate surface area is 240 Å². The zero-order valence-corrected chi connectivity index (χ0v) is 23.8. The molecule has 1 aliphatic carbocycles. The van der Waals surface area contributed by atoms with Crippen molar-refractivity contribution in [2.45, 2.75) is 48.6 Å². The number of sulfone groups is 1. The summed E-state index contributed by atoms with van der Waals surface area (Å²) in [6.45, 7) is 4.80. The molecule has 1 saturated carbocycles. The highest BCUT2D eigenvalue weighted by Crippen LogP contribution is 2.55. The Kier molecular flexibility index (Phi) is 7.67. The third-order valence-electron chi connectivity index (χ3n) is 8.04. The molecule has 2 aliphatic heterocycles. The van der Waals surface area contributed by atoms with Crippen LogP contribution >= 0.6 is 0 Å². The maximum atomic E-state index is 13.9. The monoisotopic (exact) mass is 578 g/mol. The van der Waals surface area contributed by atoms with Gasteiger partial charge in [0.15, 0.2) is 15.7 Å². The number of nitrogens with one attached hydrogen (secondary N) is 1. The van der Waals surface area contributed by atoms with Gasteiger partial charge in [-0.05, 0) is 69.0 Å². The van der Waals surface area contributed by atoms with Crippen LogP contribution in [0.4, 0.5) is 16.3 Å². The van der Waals surface area contributed by atoms with E-state index in [-0.39, 0.29) is 6.04 Å². The summed E-state index contributed by atoms with van der Waals surface area (Å²) in [4.78, 5) is 24.3. The van der Waals surface area contributed by atoms with Gasteiger partial charge in [0.25, 0.3) is 0 Å². The third-order valence-corrected chi connectivity index (χ3v) is 11.1. The van der Waals surface area contributed by atoms with Gasteiger partial charge in [-0.3, -0.25) is 5.32 Å². The van der Waals surface area contributed by atoms with Crippen molar-refractivity contribution in [1.82, 2.24) is 9.97 Å². The Bertz CT molecular complexity index is 1490. The van der Waals surface area contributed by atoms with Gasteiger partial charge in [-0.2, -0.15) is 0 Å². The minimum atomic E-state index is -3.48. The first-order chi connectivity index (χ1) is 19.9. The average molecular weight is 579 g/mol. The Morgan fingerprint density at radius 2 is 1.73 bits per heavy atom. The Balaban J connectivity index is 1.31. The number of anilines is 2. The number of morpholine rings is 1. The van der Waals surface area contributed by atoms with Gasteiger partial charge in [0, 0.05) is 37.1 Å². The molecular formula is C30H34N4O6S. The predicted molar refractivity (Wildman–Crippen MR) is 155 cm³/mol. The minimum absolute atomic E-state index is 0.0869. The lowest BCUT2D eigenvalue weighted by molar-refractivity contribution is 0.0981. The number of hydrogen-bond acceptors (Lipinski definition) is 9. The molecule has 0 radical (unpaired) electrons. The van der Waals surface area contributed by atoms with Crippen molar-refractivity contribution < 1.29 is 27.4 Å². The van der Waals surface area contributed by atoms with Crippen molar-refractivity contribution in [3.05, 3.63) is 66.4 Å². The third kappa shape index (κ3) is 5.66. The molecule has 10 nitrogen and oxygen atoms in total. The van der Waals surface area contributed by atoms with E-state index in [0.717, 1.165) is 5.56 Å². The topological polar surface area (TPSA) is 120 Å². The van der Waals surface area contributed by atoms with Crippen LogP contribution in [-0.4, -0.2) is 68.7 Å². The molecule has 1 N–H and O–H groups in total. The van der Waals surface area contributed by atoms with Gasteiger partial charge in [0.05, 0.1) is 30.2 Å². The number of benzene rings is 2. The first kappa shape index (κ1) is 27.6. The Morgan fingerprint density at radius 1 is 1.00 bits per heavy atom. The van der Waals surface area contributed by atoms with Gasteiger partial charge in [-0.25, -0.2) is 23.2 Å². The highest BCUT2D eigenvalue weighted by Gasteiger charge is 2.59. The van der Waals surface area contributed by atoms with E-state index in [0.29, 0.717) is 87.4 Å². The van der Waals surface area contributed by atoms with E-state index in [1.54, 1.807) is 36.4 Å². The smallest absolute Gasteiger partial charge is 0.410 e. The van der Waals surface area contributed by atoms with Crippen LogP contribution in [0.25, 0.3) is 11.4 Å². The van der Waals surface area contributed by atoms with Crippen LogP contribution in [0.1, 0.15) is 38.3 Å². The molecule has 3 aliphatic rings. The second kappa shape index (κ2) is 11.4. The van der Waals surface area contributed by atoms with Crippen molar-refractivity contribution in [2.75, 3.05) is 43.2 Å². The molecule has 0 spiro atoms. The maximum Gasteiger partial charge on any atom is 0.417 e. The van der Waals surface area contributed by atoms with Crippen LogP contribution in [0.3, 0.4) is 0 Å². The zero-order valence-electron chi connectivity index (χ0n) is 23.0. The van der Waals surface area contributed by atoms with Crippen LogP contribution in [-0.2, 0) is 24.1 Å². The fraction of sp³-hybridized carbons (Fsp3) is 0.433. The van der Waals surface area contributed by atoms with Gasteiger partial charge >= 0.3 is 6.09 Å². The van der Waals surface area contributed by atoms with Gasteiger partial charge in [-0.1, -0.05) is 18.2 Å². The summed E-state index contributed by atoms with van der Waals surface area (Å²) in [5, 5.41) is 2.30. The Morgan fingerprint density at radius 3 is 2.41 bits per heavy atom. The van der Waals surface area contributed by atoms with E-state index in [9.17, 15) is 13.2 Å². The van der Waals surface area contributed by atoms with Crippen LogP contribution < -0.4 is 15.0 Å². The summed E-state index contributed by atoms with van der Waals surface area (Å²) >= 11 is 0. The lowest BCUT2D eigenvalue weighted by Crippen LogP contribution is -2.44. The molecule has 216 valence electrons. The largest absolute Gasteiger partial charge is 0.417 e. The van der Waals surface area contributed by atoms with Crippen molar-refractivity contribution in [2.24, 2.45) is 0 Å². The van der Waals surface area contributed by atoms with Crippen molar-refractivity contribution in [3.8, 4) is 17.1 Å². The number of aromatic nitrogens is 2. The fourth-order valence-corrected chi connectivity index (χ4v) is 8.08. The van der Waals surface area contributed by atoms with Gasteiger partial charge in [0.2, 0.25) is 0 Å². The standard InChI is InChI=1S/C30H34N4O6S/c1-21-20-39-18-15-34(21)27-19-26(30(13-14-30)41(36,37)25-11-16-38-17-12-25)32-28(33-27)22-7-9-23(10-8-22)31-29(35)40-24-5-3-2-4-6-24/h2-10,19,21,25H,11-18,20H2,1H3,(H,31,35)/t21-/m0/s1. The minimum Gasteiger partial charge on any atom is -0.410 e. The van der Waals surface area contributed by atoms with E-state index in [4.69, 9.17) is 24.2 Å². The molecular weight excluding hydrogens is 544 g/mol. The molecule has 0 bridgehead atoms. The first-order valence-corrected chi connectivity index (χ1v) is 15.6. The average Bonchev–Trinajstić information content (AvgIpc) is 3.82. The zero-order chi connectivity index (χ0) is 28.5. The molecule has 41 heavy (non-hydrogen) atoms. The van der Waals surface area contributed by atoms with E-state index in [1.807, 2.05) is 24.3 Å². The molecule has 6 rings (SSSR count). The van der Waals surface area contributed by atoms with E-state index in [1.165, 1.54) is 0 Å². The molecule has 11 heteroatoms. The molecule has 2 aromatic carbocycles. The number of carbonyl (C=O) groups is 1. The lowest BCUT2D eigenvalue weighted by atomic mass is 10.1. The summed E-state index contributed by atoms with van der Waals surface area (Å²) in [6.07, 6.45) is 1.52. The number of ether oxygens (including phenoxy) is 3. The molecule has 3 aromatic rings. The fourth-order valence-electron chi connectivity index (χ4n) is 5.56. The number of amides is 1. The molecule has 3 heterocycles. The van der Waals surface area contributed by atoms with Crippen molar-refractivity contribution >= 4 is 27.4 Å². The number of rotatable bonds is 7. The second-order valence-corrected chi connectivity index (χ2v) is 13.3. The second-order valence-electron chi connectivity index (χ2n) is 10.8. The Hall–Kier alpha value is -3.54.